The Morgan fingerprint density at radius 3 is 2.73 bits per heavy atom. The molecule has 0 saturated carbocycles. The van der Waals surface area contributed by atoms with Crippen molar-refractivity contribution in [1.29, 1.82) is 5.26 Å². The first-order chi connectivity index (χ1) is 12.2. The number of carboxylic acids is 1. The van der Waals surface area contributed by atoms with Crippen LogP contribution in [0.4, 0.5) is 0 Å². The maximum atomic E-state index is 10.7. The Kier molecular flexibility index (Phi) is 6.32. The number of rotatable bonds is 4. The second-order valence-corrected chi connectivity index (χ2v) is 7.72. The lowest BCUT2D eigenvalue weighted by Crippen LogP contribution is -2.50. The molecule has 0 aliphatic carbocycles. The summed E-state index contributed by atoms with van der Waals surface area (Å²) in [5.74, 6) is -0.855. The molecule has 0 atom stereocenters. The van der Waals surface area contributed by atoms with E-state index < -0.39 is 25.3 Å². The molecule has 1 fully saturated rings. The normalized spacial score (nSPS) is 19.6. The van der Waals surface area contributed by atoms with Crippen molar-refractivity contribution in [2.75, 3.05) is 13.2 Å². The molecule has 1 heterocycles. The molecule has 1 aliphatic heterocycles. The highest BCUT2D eigenvalue weighted by molar-refractivity contribution is 6.61. The lowest BCUT2D eigenvalue weighted by Gasteiger charge is -2.42. The average Bonchev–Trinajstić information content (AvgIpc) is 2.62. The molecule has 140 valence electrons. The summed E-state index contributed by atoms with van der Waals surface area (Å²) in [4.78, 5) is 10.7. The fourth-order valence-electron chi connectivity index (χ4n) is 2.83. The minimum absolute atomic E-state index is 0.0262. The van der Waals surface area contributed by atoms with Crippen LogP contribution < -0.4 is 10.2 Å². The number of ether oxygens (including phenoxy) is 1. The van der Waals surface area contributed by atoms with Crippen LogP contribution in [0.2, 0.25) is 0 Å². The molecule has 1 aromatic carbocycles. The number of carboxylic acid groups (broad SMARTS) is 1. The van der Waals surface area contributed by atoms with E-state index in [4.69, 9.17) is 19.2 Å². The van der Waals surface area contributed by atoms with Crippen molar-refractivity contribution in [1.82, 2.24) is 0 Å². The Labute approximate surface area is 155 Å². The van der Waals surface area contributed by atoms with Crippen LogP contribution in [0, 0.1) is 16.7 Å². The van der Waals surface area contributed by atoms with Gasteiger partial charge in [0.05, 0.1) is 11.2 Å². The summed E-state index contributed by atoms with van der Waals surface area (Å²) >= 11 is 0. The number of hydrogen-bond acceptors (Lipinski definition) is 5. The molecular formula is C19H26BNO5. The van der Waals surface area contributed by atoms with Gasteiger partial charge in [-0.25, -0.2) is 4.79 Å². The molecule has 0 spiro atoms. The van der Waals surface area contributed by atoms with Crippen molar-refractivity contribution in [3.63, 3.8) is 0 Å². The molecule has 0 radical (unpaired) electrons. The first-order valence-electron chi connectivity index (χ1n) is 8.84. The van der Waals surface area contributed by atoms with Crippen molar-refractivity contribution in [2.24, 2.45) is 5.41 Å². The summed E-state index contributed by atoms with van der Waals surface area (Å²) in [6.07, 6.45) is 3.06. The van der Waals surface area contributed by atoms with Gasteiger partial charge < -0.3 is 19.2 Å². The summed E-state index contributed by atoms with van der Waals surface area (Å²) in [6, 6.07) is 7.03. The molecule has 0 aromatic heterocycles. The number of nitrogens with zero attached hydrogens (tertiary/aromatic N) is 1. The van der Waals surface area contributed by atoms with Gasteiger partial charge in [-0.3, -0.25) is 0 Å². The summed E-state index contributed by atoms with van der Waals surface area (Å²) < 4.78 is 17.4. The maximum absolute atomic E-state index is 10.7. The van der Waals surface area contributed by atoms with Crippen LogP contribution >= 0.6 is 0 Å². The Morgan fingerprint density at radius 1 is 1.35 bits per heavy atom. The number of hydrogen-bond donors (Lipinski definition) is 1. The van der Waals surface area contributed by atoms with Gasteiger partial charge in [0.1, 0.15) is 11.8 Å². The quantitative estimate of drug-likeness (QED) is 0.832. The Bertz CT molecular complexity index is 696. The van der Waals surface area contributed by atoms with Gasteiger partial charge in [0.25, 0.3) is 0 Å². The predicted octanol–water partition coefficient (Wildman–Crippen LogP) is 2.74. The highest BCUT2D eigenvalue weighted by Gasteiger charge is 2.42. The van der Waals surface area contributed by atoms with Gasteiger partial charge in [-0.15, -0.1) is 0 Å². The van der Waals surface area contributed by atoms with Crippen LogP contribution in [0.3, 0.4) is 0 Å². The Hall–Kier alpha value is -2.04. The molecule has 0 amide bonds. The van der Waals surface area contributed by atoms with Crippen molar-refractivity contribution >= 4 is 18.6 Å². The first kappa shape index (κ1) is 20.3. The number of benzene rings is 1. The summed E-state index contributed by atoms with van der Waals surface area (Å²) in [5.41, 5.74) is 0.525. The van der Waals surface area contributed by atoms with Crippen molar-refractivity contribution in [3.05, 3.63) is 23.8 Å². The fourth-order valence-corrected chi connectivity index (χ4v) is 2.83. The van der Waals surface area contributed by atoms with E-state index in [1.54, 1.807) is 18.2 Å². The van der Waals surface area contributed by atoms with Gasteiger partial charge in [-0.2, -0.15) is 5.26 Å². The molecule has 6 nitrogen and oxygen atoms in total. The largest absolute Gasteiger partial charge is 0.494 e. The monoisotopic (exact) mass is 359 g/mol. The van der Waals surface area contributed by atoms with Crippen LogP contribution in [0.25, 0.3) is 0 Å². The van der Waals surface area contributed by atoms with E-state index in [0.29, 0.717) is 6.61 Å². The zero-order valence-corrected chi connectivity index (χ0v) is 15.9. The van der Waals surface area contributed by atoms with E-state index in [1.165, 1.54) is 0 Å². The Balaban J connectivity index is 2.29. The third kappa shape index (κ3) is 4.77. The maximum Gasteiger partial charge on any atom is 0.494 e. The van der Waals surface area contributed by atoms with E-state index in [2.05, 4.69) is 27.7 Å². The van der Waals surface area contributed by atoms with E-state index in [1.807, 2.05) is 6.07 Å². The third-order valence-electron chi connectivity index (χ3n) is 5.24. The highest BCUT2D eigenvalue weighted by atomic mass is 16.6. The molecule has 1 aliphatic rings. The van der Waals surface area contributed by atoms with E-state index in [9.17, 15) is 10.1 Å². The van der Waals surface area contributed by atoms with Gasteiger partial charge in [-0.05, 0) is 49.7 Å². The molecule has 2 rings (SSSR count). The van der Waals surface area contributed by atoms with Crippen molar-refractivity contribution in [2.45, 2.75) is 52.6 Å². The van der Waals surface area contributed by atoms with Gasteiger partial charge in [0.2, 0.25) is 0 Å². The summed E-state index contributed by atoms with van der Waals surface area (Å²) in [7, 11) is -0.594. The van der Waals surface area contributed by atoms with Gasteiger partial charge in [0.15, 0.2) is 6.61 Å². The van der Waals surface area contributed by atoms with E-state index >= 15 is 0 Å². The zero-order valence-electron chi connectivity index (χ0n) is 15.9. The molecule has 1 saturated heterocycles. The molecule has 1 aromatic rings. The van der Waals surface area contributed by atoms with Crippen LogP contribution in [0.5, 0.6) is 5.75 Å². The highest BCUT2D eigenvalue weighted by Crippen LogP contribution is 2.39. The molecule has 7 heteroatoms. The minimum atomic E-state index is -1.09. The van der Waals surface area contributed by atoms with Crippen molar-refractivity contribution in [3.8, 4) is 11.8 Å². The lowest BCUT2D eigenvalue weighted by atomic mass is 9.70. The van der Waals surface area contributed by atoms with Crippen LogP contribution in [0.1, 0.15) is 52.5 Å². The molecule has 0 bridgehead atoms. The zero-order chi connectivity index (χ0) is 19.4. The topological polar surface area (TPSA) is 88.8 Å². The van der Waals surface area contributed by atoms with Gasteiger partial charge in [-0.1, -0.05) is 26.3 Å². The second kappa shape index (κ2) is 8.11. The van der Waals surface area contributed by atoms with Gasteiger partial charge >= 0.3 is 13.1 Å². The molecule has 1 N–H and O–H groups in total. The van der Waals surface area contributed by atoms with Crippen LogP contribution in [0.15, 0.2) is 18.2 Å². The number of aliphatic carboxylic acids is 1. The standard InChI is InChI=1S/C19H26BNO5/c1-18(2)9-5-6-10-25-20(26-19(18,3)4)15-7-8-16(14(11-15)12-21)24-13-17(22)23/h7-8,11H,5-6,9-10,13H2,1-4H3,(H,22,23). The number of nitriles is 1. The van der Waals surface area contributed by atoms with Crippen LogP contribution in [-0.2, 0) is 14.1 Å². The smallest absolute Gasteiger partial charge is 0.481 e. The fraction of sp³-hybridized carbons (Fsp3) is 0.579. The molecule has 0 unspecified atom stereocenters. The lowest BCUT2D eigenvalue weighted by molar-refractivity contribution is -0.139. The number of carbonyl (C=O) groups is 1. The SMILES string of the molecule is CC1(C)CCCCOB(c2ccc(OCC(=O)O)c(C#N)c2)OC1(C)C. The molecular weight excluding hydrogens is 333 g/mol. The summed E-state index contributed by atoms with van der Waals surface area (Å²) in [5, 5.41) is 18.1. The van der Waals surface area contributed by atoms with Crippen LogP contribution in [-0.4, -0.2) is 37.0 Å². The van der Waals surface area contributed by atoms with Gasteiger partial charge in [0, 0.05) is 6.61 Å². The van der Waals surface area contributed by atoms with E-state index in [0.717, 1.165) is 24.7 Å². The molecule has 26 heavy (non-hydrogen) atoms. The second-order valence-electron chi connectivity index (χ2n) is 7.72. The first-order valence-corrected chi connectivity index (χ1v) is 8.84. The predicted molar refractivity (Wildman–Crippen MR) is 98.4 cm³/mol. The summed E-state index contributed by atoms with van der Waals surface area (Å²) in [6.45, 7) is 8.59. The average molecular weight is 359 g/mol. The third-order valence-corrected chi connectivity index (χ3v) is 5.24. The minimum Gasteiger partial charge on any atom is -0.481 e. The Morgan fingerprint density at radius 2 is 2.08 bits per heavy atom. The van der Waals surface area contributed by atoms with E-state index in [-0.39, 0.29) is 16.7 Å². The van der Waals surface area contributed by atoms with Crippen molar-refractivity contribution < 1.29 is 23.9 Å².